The van der Waals surface area contributed by atoms with E-state index in [1.807, 2.05) is 0 Å². The molecule has 0 amide bonds. The van der Waals surface area contributed by atoms with E-state index in [0.717, 1.165) is 12.5 Å². The van der Waals surface area contributed by atoms with Crippen LogP contribution in [0.4, 0.5) is 0 Å². The lowest BCUT2D eigenvalue weighted by molar-refractivity contribution is -0.119. The summed E-state index contributed by atoms with van der Waals surface area (Å²) in [5.41, 5.74) is 0.474. The molecule has 0 aromatic carbocycles. The second kappa shape index (κ2) is 2.32. The first-order valence-electron chi connectivity index (χ1n) is 4.85. The first kappa shape index (κ1) is 8.24. The summed E-state index contributed by atoms with van der Waals surface area (Å²) in [4.78, 5) is 11.2. The van der Waals surface area contributed by atoms with E-state index < -0.39 is 0 Å². The van der Waals surface area contributed by atoms with E-state index in [2.05, 4.69) is 19.2 Å². The molecule has 1 unspecified atom stereocenters. The van der Waals surface area contributed by atoms with Crippen LogP contribution in [0.5, 0.6) is 0 Å². The van der Waals surface area contributed by atoms with Gasteiger partial charge >= 0.3 is 0 Å². The first-order valence-corrected chi connectivity index (χ1v) is 4.85. The Morgan fingerprint density at radius 1 is 1.67 bits per heavy atom. The molecule has 1 heterocycles. The quantitative estimate of drug-likeness (QED) is 0.669. The van der Waals surface area contributed by atoms with E-state index in [4.69, 9.17) is 0 Å². The Morgan fingerprint density at radius 2 is 2.33 bits per heavy atom. The summed E-state index contributed by atoms with van der Waals surface area (Å²) >= 11 is 0. The third-order valence-electron chi connectivity index (χ3n) is 4.05. The van der Waals surface area contributed by atoms with Crippen LogP contribution < -0.4 is 5.32 Å². The van der Waals surface area contributed by atoms with Crippen molar-refractivity contribution in [3.8, 4) is 0 Å². The van der Waals surface area contributed by atoms with Gasteiger partial charge in [0.25, 0.3) is 0 Å². The maximum atomic E-state index is 11.2. The van der Waals surface area contributed by atoms with Crippen molar-refractivity contribution in [2.24, 2.45) is 17.3 Å². The van der Waals surface area contributed by atoms with Gasteiger partial charge in [-0.05, 0) is 30.7 Å². The summed E-state index contributed by atoms with van der Waals surface area (Å²) in [6, 6.07) is 0.167. The van der Waals surface area contributed by atoms with Crippen LogP contribution in [0.3, 0.4) is 0 Å². The highest BCUT2D eigenvalue weighted by Crippen LogP contribution is 2.64. The van der Waals surface area contributed by atoms with Crippen molar-refractivity contribution in [3.63, 3.8) is 0 Å². The van der Waals surface area contributed by atoms with Gasteiger partial charge in [-0.2, -0.15) is 0 Å². The van der Waals surface area contributed by atoms with E-state index in [-0.39, 0.29) is 6.04 Å². The lowest BCUT2D eigenvalue weighted by Crippen LogP contribution is -2.36. The minimum Gasteiger partial charge on any atom is -0.307 e. The van der Waals surface area contributed by atoms with Crippen molar-refractivity contribution in [1.82, 2.24) is 5.32 Å². The average molecular weight is 167 g/mol. The minimum absolute atomic E-state index is 0.167. The zero-order chi connectivity index (χ0) is 8.93. The Bertz CT molecular complexity index is 226. The smallest absolute Gasteiger partial charge is 0.146 e. The largest absolute Gasteiger partial charge is 0.307 e. The van der Waals surface area contributed by atoms with Crippen LogP contribution >= 0.6 is 0 Å². The Hall–Kier alpha value is -0.370. The zero-order valence-corrected chi connectivity index (χ0v) is 8.05. The Morgan fingerprint density at radius 3 is 2.75 bits per heavy atom. The Balaban J connectivity index is 2.12. The fraction of sp³-hybridized carbons (Fsp3) is 0.900. The predicted octanol–water partition coefficient (Wildman–Crippen LogP) is 1.21. The second-order valence-corrected chi connectivity index (χ2v) is 4.49. The summed E-state index contributed by atoms with van der Waals surface area (Å²) in [6.45, 7) is 7.31. The Kier molecular flexibility index (Phi) is 1.59. The van der Waals surface area contributed by atoms with E-state index >= 15 is 0 Å². The number of Topliss-reactive ketones (excluding diaryl/α,β-unsaturated/α-hetero) is 1. The van der Waals surface area contributed by atoms with Crippen LogP contribution in [0.2, 0.25) is 0 Å². The first-order chi connectivity index (χ1) is 5.61. The average Bonchev–Trinajstić information content (AvgIpc) is 2.50. The zero-order valence-electron chi connectivity index (χ0n) is 8.05. The number of nitrogens with one attached hydrogen (secondary N) is 1. The van der Waals surface area contributed by atoms with E-state index in [9.17, 15) is 4.79 Å². The SMILES string of the molecule is CCC1(C)[C@@H]2[C@@H](C(C)=O)NC[C@@H]21. The van der Waals surface area contributed by atoms with Crippen molar-refractivity contribution < 1.29 is 4.79 Å². The molecule has 2 heteroatoms. The minimum atomic E-state index is 0.167. The highest BCUT2D eigenvalue weighted by atomic mass is 16.1. The third kappa shape index (κ3) is 0.817. The molecule has 1 N–H and O–H groups in total. The number of carbonyl (C=O) groups excluding carboxylic acids is 1. The van der Waals surface area contributed by atoms with Gasteiger partial charge in [0.05, 0.1) is 6.04 Å². The number of ketones is 1. The molecule has 1 saturated carbocycles. The monoisotopic (exact) mass is 167 g/mol. The van der Waals surface area contributed by atoms with Gasteiger partial charge in [0.15, 0.2) is 0 Å². The second-order valence-electron chi connectivity index (χ2n) is 4.49. The molecule has 2 rings (SSSR count). The number of fused-ring (bicyclic) bond motifs is 1. The van der Waals surface area contributed by atoms with E-state index in [1.165, 1.54) is 6.42 Å². The van der Waals surface area contributed by atoms with Gasteiger partial charge in [-0.15, -0.1) is 0 Å². The van der Waals surface area contributed by atoms with Crippen LogP contribution in [0.25, 0.3) is 0 Å². The highest BCUT2D eigenvalue weighted by molar-refractivity contribution is 5.83. The molecular formula is C10H17NO. The number of rotatable bonds is 2. The normalized spacial score (nSPS) is 50.4. The molecule has 68 valence electrons. The molecule has 2 fully saturated rings. The lowest BCUT2D eigenvalue weighted by atomic mass is 9.95. The molecule has 2 nitrogen and oxygen atoms in total. The van der Waals surface area contributed by atoms with E-state index in [0.29, 0.717) is 17.1 Å². The molecule has 0 aromatic heterocycles. The van der Waals surface area contributed by atoms with Gasteiger partial charge < -0.3 is 5.32 Å². The summed E-state index contributed by atoms with van der Waals surface area (Å²) in [6.07, 6.45) is 1.22. The van der Waals surface area contributed by atoms with Crippen LogP contribution in [0.15, 0.2) is 0 Å². The molecule has 4 atom stereocenters. The maximum absolute atomic E-state index is 11.2. The molecule has 1 saturated heterocycles. The molecule has 0 radical (unpaired) electrons. The number of piperidine rings is 1. The van der Waals surface area contributed by atoms with Gasteiger partial charge in [0, 0.05) is 0 Å². The summed E-state index contributed by atoms with van der Waals surface area (Å²) in [5, 5.41) is 3.30. The number of hydrogen-bond donors (Lipinski definition) is 1. The predicted molar refractivity (Wildman–Crippen MR) is 47.8 cm³/mol. The highest BCUT2D eigenvalue weighted by Gasteiger charge is 2.66. The van der Waals surface area contributed by atoms with Gasteiger partial charge in [0.2, 0.25) is 0 Å². The molecule has 1 aliphatic carbocycles. The van der Waals surface area contributed by atoms with Crippen molar-refractivity contribution in [3.05, 3.63) is 0 Å². The molecule has 0 aromatic rings. The van der Waals surface area contributed by atoms with E-state index in [1.54, 1.807) is 6.92 Å². The maximum Gasteiger partial charge on any atom is 0.146 e. The van der Waals surface area contributed by atoms with Crippen molar-refractivity contribution >= 4 is 5.78 Å². The third-order valence-corrected chi connectivity index (χ3v) is 4.05. The van der Waals surface area contributed by atoms with Crippen LogP contribution in [0.1, 0.15) is 27.2 Å². The molecule has 2 aliphatic rings. The van der Waals surface area contributed by atoms with Crippen molar-refractivity contribution in [2.45, 2.75) is 33.2 Å². The Labute approximate surface area is 73.7 Å². The lowest BCUT2D eigenvalue weighted by Gasteiger charge is -2.18. The van der Waals surface area contributed by atoms with Gasteiger partial charge in [-0.3, -0.25) is 4.79 Å². The number of carbonyl (C=O) groups is 1. The molecule has 0 spiro atoms. The molecule has 12 heavy (non-hydrogen) atoms. The van der Waals surface area contributed by atoms with Gasteiger partial charge in [-0.25, -0.2) is 0 Å². The van der Waals surface area contributed by atoms with Crippen LogP contribution in [0, 0.1) is 17.3 Å². The summed E-state index contributed by atoms with van der Waals surface area (Å²) < 4.78 is 0. The fourth-order valence-corrected chi connectivity index (χ4v) is 2.95. The van der Waals surface area contributed by atoms with Gasteiger partial charge in [-0.1, -0.05) is 20.3 Å². The number of hydrogen-bond acceptors (Lipinski definition) is 2. The molecule has 0 bridgehead atoms. The fourth-order valence-electron chi connectivity index (χ4n) is 2.95. The topological polar surface area (TPSA) is 29.1 Å². The molecular weight excluding hydrogens is 150 g/mol. The summed E-state index contributed by atoms with van der Waals surface area (Å²) in [5.74, 6) is 1.73. The standard InChI is InChI=1S/C10H17NO/c1-4-10(3)7-5-11-9(6(2)12)8(7)10/h7-9,11H,4-5H2,1-3H3/t7-,8-,9+,10?/m0/s1. The van der Waals surface area contributed by atoms with Crippen molar-refractivity contribution in [2.75, 3.05) is 6.54 Å². The summed E-state index contributed by atoms with van der Waals surface area (Å²) in [7, 11) is 0. The van der Waals surface area contributed by atoms with Crippen LogP contribution in [-0.2, 0) is 4.79 Å². The van der Waals surface area contributed by atoms with Crippen molar-refractivity contribution in [1.29, 1.82) is 0 Å². The molecule has 1 aliphatic heterocycles. The van der Waals surface area contributed by atoms with Crippen LogP contribution in [-0.4, -0.2) is 18.4 Å². The van der Waals surface area contributed by atoms with Gasteiger partial charge in [0.1, 0.15) is 5.78 Å².